The van der Waals surface area contributed by atoms with Crippen LogP contribution in [0.25, 0.3) is 0 Å². The van der Waals surface area contributed by atoms with Crippen LogP contribution in [0.2, 0.25) is 0 Å². The van der Waals surface area contributed by atoms with Crippen LogP contribution >= 0.6 is 0 Å². The first kappa shape index (κ1) is 26.0. The first-order valence-electron chi connectivity index (χ1n) is 13.4. The first-order valence-corrected chi connectivity index (χ1v) is 13.4. The minimum atomic E-state index is -0.763. The van der Waals surface area contributed by atoms with Gasteiger partial charge in [-0.25, -0.2) is 0 Å². The number of amides is 3. The Hall–Kier alpha value is -3.66. The summed E-state index contributed by atoms with van der Waals surface area (Å²) in [6.45, 7) is 8.00. The van der Waals surface area contributed by atoms with Crippen molar-refractivity contribution in [2.45, 2.75) is 44.8 Å². The summed E-state index contributed by atoms with van der Waals surface area (Å²) in [5.41, 5.74) is 1.94. The van der Waals surface area contributed by atoms with E-state index in [0.717, 1.165) is 31.9 Å². The molecule has 0 spiro atoms. The van der Waals surface area contributed by atoms with Crippen LogP contribution in [0.4, 0.5) is 5.69 Å². The lowest BCUT2D eigenvalue weighted by atomic mass is 10.0. The number of nitrogens with one attached hydrogen (secondary N) is 2. The van der Waals surface area contributed by atoms with Crippen molar-refractivity contribution in [3.05, 3.63) is 54.0 Å². The van der Waals surface area contributed by atoms with E-state index in [4.69, 9.17) is 4.42 Å². The molecule has 10 heteroatoms. The summed E-state index contributed by atoms with van der Waals surface area (Å²) in [5, 5.41) is 6.26. The molecule has 3 saturated heterocycles. The highest BCUT2D eigenvalue weighted by Crippen LogP contribution is 2.32. The number of rotatable bonds is 7. The van der Waals surface area contributed by atoms with Crippen LogP contribution < -0.4 is 15.5 Å². The molecule has 5 rings (SSSR count). The third-order valence-corrected chi connectivity index (χ3v) is 7.66. The molecule has 0 bridgehead atoms. The van der Waals surface area contributed by atoms with Crippen molar-refractivity contribution in [2.75, 3.05) is 44.2 Å². The maximum absolute atomic E-state index is 13.7. The summed E-state index contributed by atoms with van der Waals surface area (Å²) in [7, 11) is 0. The van der Waals surface area contributed by atoms with Gasteiger partial charge >= 0.3 is 0 Å². The number of Topliss-reactive ketones (excluding diaryl/α,β-unsaturated/α-hetero) is 1. The van der Waals surface area contributed by atoms with E-state index < -0.39 is 12.1 Å². The van der Waals surface area contributed by atoms with Crippen LogP contribution in [-0.4, -0.2) is 90.7 Å². The standard InChI is InChI=1S/C28H35N5O5/c1-18(2)15-22(30-26(35)19-3-5-21(6-4-19)31-12-9-29-10-13-31)28(37)32-11-7-23-25(32)24(34)16-33(23)27(36)20-8-14-38-17-20/h3-6,8,14,17-18,22-23,25,29H,7,9-13,15-16H2,1-2H3,(H,30,35). The molecule has 3 unspecified atom stereocenters. The Morgan fingerprint density at radius 3 is 2.42 bits per heavy atom. The summed E-state index contributed by atoms with van der Waals surface area (Å²) in [6.07, 6.45) is 3.75. The number of furan rings is 1. The van der Waals surface area contributed by atoms with Gasteiger partial charge in [-0.05, 0) is 49.1 Å². The van der Waals surface area contributed by atoms with E-state index in [9.17, 15) is 19.2 Å². The summed E-state index contributed by atoms with van der Waals surface area (Å²) in [5.74, 6) is -0.874. The van der Waals surface area contributed by atoms with Gasteiger partial charge in [0.15, 0.2) is 5.78 Å². The SMILES string of the molecule is CC(C)CC(NC(=O)c1ccc(N2CCNCC2)cc1)C(=O)N1CCC2C1C(=O)CN2C(=O)c1ccoc1. The molecule has 38 heavy (non-hydrogen) atoms. The maximum atomic E-state index is 13.7. The summed E-state index contributed by atoms with van der Waals surface area (Å²) in [4.78, 5) is 58.2. The number of nitrogens with zero attached hydrogens (tertiary/aromatic N) is 3. The molecule has 1 aromatic heterocycles. The van der Waals surface area contributed by atoms with Crippen molar-refractivity contribution in [1.82, 2.24) is 20.4 Å². The van der Waals surface area contributed by atoms with Crippen LogP contribution in [-0.2, 0) is 9.59 Å². The number of carbonyl (C=O) groups is 4. The van der Waals surface area contributed by atoms with Gasteiger partial charge in [0.1, 0.15) is 18.3 Å². The van der Waals surface area contributed by atoms with Gasteiger partial charge in [0.05, 0.1) is 24.4 Å². The van der Waals surface area contributed by atoms with Gasteiger partial charge in [-0.15, -0.1) is 0 Å². The summed E-state index contributed by atoms with van der Waals surface area (Å²) >= 11 is 0. The second kappa shape index (κ2) is 11.0. The molecule has 0 saturated carbocycles. The van der Waals surface area contributed by atoms with Crippen molar-refractivity contribution in [3.8, 4) is 0 Å². The van der Waals surface area contributed by atoms with E-state index in [0.29, 0.717) is 30.5 Å². The van der Waals surface area contributed by atoms with Crippen LogP contribution in [0, 0.1) is 5.92 Å². The lowest BCUT2D eigenvalue weighted by molar-refractivity contribution is -0.138. The van der Waals surface area contributed by atoms with Crippen LogP contribution in [0.1, 0.15) is 47.4 Å². The second-order valence-corrected chi connectivity index (χ2v) is 10.7. The Morgan fingerprint density at radius 1 is 1.03 bits per heavy atom. The Kier molecular flexibility index (Phi) is 7.51. The van der Waals surface area contributed by atoms with Crippen molar-refractivity contribution >= 4 is 29.2 Å². The molecule has 3 amide bonds. The molecule has 3 aliphatic rings. The van der Waals surface area contributed by atoms with Crippen molar-refractivity contribution in [2.24, 2.45) is 5.92 Å². The average molecular weight is 522 g/mol. The van der Waals surface area contributed by atoms with Gasteiger partial charge in [0, 0.05) is 44.0 Å². The third kappa shape index (κ3) is 5.18. The quantitative estimate of drug-likeness (QED) is 0.568. The van der Waals surface area contributed by atoms with E-state index >= 15 is 0 Å². The van der Waals surface area contributed by atoms with Crippen LogP contribution in [0.3, 0.4) is 0 Å². The fraction of sp³-hybridized carbons (Fsp3) is 0.500. The van der Waals surface area contributed by atoms with Crippen molar-refractivity contribution in [3.63, 3.8) is 0 Å². The summed E-state index contributed by atoms with van der Waals surface area (Å²) < 4.78 is 5.03. The zero-order chi connectivity index (χ0) is 26.8. The van der Waals surface area contributed by atoms with Gasteiger partial charge in [-0.2, -0.15) is 0 Å². The first-order chi connectivity index (χ1) is 18.3. The molecule has 10 nitrogen and oxygen atoms in total. The van der Waals surface area contributed by atoms with Gasteiger partial charge in [0.25, 0.3) is 11.8 Å². The monoisotopic (exact) mass is 521 g/mol. The molecule has 3 aliphatic heterocycles. The molecule has 202 valence electrons. The molecule has 4 heterocycles. The zero-order valence-electron chi connectivity index (χ0n) is 21.9. The molecule has 0 radical (unpaired) electrons. The lowest BCUT2D eigenvalue weighted by Crippen LogP contribution is -2.53. The molecule has 3 atom stereocenters. The van der Waals surface area contributed by atoms with Crippen molar-refractivity contribution in [1.29, 1.82) is 0 Å². The molecular formula is C28H35N5O5. The predicted molar refractivity (Wildman–Crippen MR) is 141 cm³/mol. The Balaban J connectivity index is 1.28. The fourth-order valence-electron chi connectivity index (χ4n) is 5.77. The fourth-order valence-corrected chi connectivity index (χ4v) is 5.77. The van der Waals surface area contributed by atoms with Gasteiger partial charge in [-0.1, -0.05) is 13.8 Å². The van der Waals surface area contributed by atoms with E-state index in [1.165, 1.54) is 12.5 Å². The van der Waals surface area contributed by atoms with E-state index in [2.05, 4.69) is 15.5 Å². The number of benzene rings is 1. The average Bonchev–Trinajstić information content (AvgIpc) is 3.67. The van der Waals surface area contributed by atoms with Gasteiger partial charge in [0.2, 0.25) is 5.91 Å². The highest BCUT2D eigenvalue weighted by atomic mass is 16.3. The number of anilines is 1. The smallest absolute Gasteiger partial charge is 0.257 e. The topological polar surface area (TPSA) is 115 Å². The molecule has 0 aliphatic carbocycles. The van der Waals surface area contributed by atoms with Crippen molar-refractivity contribution < 1.29 is 23.6 Å². The Bertz CT molecular complexity index is 1170. The molecule has 1 aromatic carbocycles. The lowest BCUT2D eigenvalue weighted by Gasteiger charge is -2.30. The third-order valence-electron chi connectivity index (χ3n) is 7.66. The minimum Gasteiger partial charge on any atom is -0.472 e. The molecule has 2 aromatic rings. The number of piperazine rings is 1. The number of hydrogen-bond donors (Lipinski definition) is 2. The van der Waals surface area contributed by atoms with Crippen LogP contribution in [0.15, 0.2) is 47.3 Å². The Morgan fingerprint density at radius 2 is 1.76 bits per heavy atom. The zero-order valence-corrected chi connectivity index (χ0v) is 21.9. The highest BCUT2D eigenvalue weighted by molar-refractivity contribution is 6.03. The largest absolute Gasteiger partial charge is 0.472 e. The predicted octanol–water partition coefficient (Wildman–Crippen LogP) is 1.53. The number of carbonyl (C=O) groups excluding carboxylic acids is 4. The minimum absolute atomic E-state index is 0.0379. The molecular weight excluding hydrogens is 486 g/mol. The van der Waals surface area contributed by atoms with Crippen LogP contribution in [0.5, 0.6) is 0 Å². The number of hydrogen-bond acceptors (Lipinski definition) is 7. The van der Waals surface area contributed by atoms with E-state index in [1.807, 2.05) is 26.0 Å². The summed E-state index contributed by atoms with van der Waals surface area (Å²) in [6, 6.07) is 7.19. The maximum Gasteiger partial charge on any atom is 0.257 e. The molecule has 2 N–H and O–H groups in total. The number of likely N-dealkylation sites (tertiary alicyclic amines) is 2. The normalized spacial score (nSPS) is 22.1. The van der Waals surface area contributed by atoms with Gasteiger partial charge < -0.3 is 29.8 Å². The number of ketones is 1. The van der Waals surface area contributed by atoms with E-state index in [1.54, 1.807) is 28.0 Å². The molecule has 3 fully saturated rings. The number of fused-ring (bicyclic) bond motifs is 1. The Labute approximate surface area is 222 Å². The highest BCUT2D eigenvalue weighted by Gasteiger charge is 2.52. The second-order valence-electron chi connectivity index (χ2n) is 10.7. The van der Waals surface area contributed by atoms with Gasteiger partial charge in [-0.3, -0.25) is 19.2 Å². The van der Waals surface area contributed by atoms with E-state index in [-0.39, 0.29) is 42.0 Å².